The molecule has 2 N–H and O–H groups in total. The molecule has 0 unspecified atom stereocenters. The van der Waals surface area contributed by atoms with Crippen LogP contribution in [-0.2, 0) is 16.6 Å². The number of sulfonamides is 1. The summed E-state index contributed by atoms with van der Waals surface area (Å²) in [6, 6.07) is 9.42. The lowest BCUT2D eigenvalue weighted by Gasteiger charge is -2.12. The largest absolute Gasteiger partial charge is 0.334 e. The van der Waals surface area contributed by atoms with Crippen LogP contribution in [0, 0.1) is 10.1 Å². The maximum atomic E-state index is 12.0. The Labute approximate surface area is 161 Å². The maximum Gasteiger partial charge on any atom is 0.319 e. The van der Waals surface area contributed by atoms with Crippen molar-refractivity contribution in [3.63, 3.8) is 0 Å². The average Bonchev–Trinajstić information content (AvgIpc) is 2.61. The lowest BCUT2D eigenvalue weighted by atomic mass is 10.2. The van der Waals surface area contributed by atoms with Crippen LogP contribution in [0.15, 0.2) is 47.4 Å². The molecule has 0 aliphatic heterocycles. The number of halogens is 1. The van der Waals surface area contributed by atoms with E-state index in [9.17, 15) is 23.3 Å². The fourth-order valence-corrected chi connectivity index (χ4v) is 3.17. The van der Waals surface area contributed by atoms with Gasteiger partial charge in [0.1, 0.15) is 5.02 Å². The summed E-state index contributed by atoms with van der Waals surface area (Å²) in [5.41, 5.74) is 0.591. The number of hydrogen-bond acceptors (Lipinski definition) is 5. The van der Waals surface area contributed by atoms with Gasteiger partial charge in [0.15, 0.2) is 0 Å². The molecule has 0 saturated carbocycles. The molecule has 2 rings (SSSR count). The van der Waals surface area contributed by atoms with Crippen LogP contribution < -0.4 is 10.6 Å². The Balaban J connectivity index is 1.98. The van der Waals surface area contributed by atoms with Crippen LogP contribution >= 0.6 is 11.6 Å². The molecule has 0 atom stereocenters. The number of nitro groups is 1. The second-order valence-electron chi connectivity index (χ2n) is 5.66. The molecule has 0 aromatic heterocycles. The molecule has 0 aliphatic rings. The third-order valence-corrected chi connectivity index (χ3v) is 5.70. The van der Waals surface area contributed by atoms with Crippen molar-refractivity contribution in [1.82, 2.24) is 9.62 Å². The molecule has 9 nitrogen and oxygen atoms in total. The van der Waals surface area contributed by atoms with E-state index in [1.54, 1.807) is 12.1 Å². The quantitative estimate of drug-likeness (QED) is 0.558. The van der Waals surface area contributed by atoms with E-state index in [1.165, 1.54) is 38.4 Å². The van der Waals surface area contributed by atoms with Gasteiger partial charge in [0, 0.05) is 32.4 Å². The van der Waals surface area contributed by atoms with E-state index in [-0.39, 0.29) is 27.8 Å². The van der Waals surface area contributed by atoms with Crippen LogP contribution in [0.25, 0.3) is 0 Å². The van der Waals surface area contributed by atoms with Gasteiger partial charge in [-0.15, -0.1) is 0 Å². The smallest absolute Gasteiger partial charge is 0.319 e. The predicted molar refractivity (Wildman–Crippen MR) is 101 cm³/mol. The van der Waals surface area contributed by atoms with Crippen molar-refractivity contribution in [3.05, 3.63) is 63.2 Å². The molecule has 27 heavy (non-hydrogen) atoms. The molecule has 2 aromatic carbocycles. The van der Waals surface area contributed by atoms with Crippen LogP contribution in [0.1, 0.15) is 5.56 Å². The number of rotatable bonds is 6. The number of anilines is 1. The first-order valence-electron chi connectivity index (χ1n) is 7.61. The summed E-state index contributed by atoms with van der Waals surface area (Å²) in [5.74, 6) is 0. The van der Waals surface area contributed by atoms with Gasteiger partial charge in [-0.3, -0.25) is 10.1 Å². The van der Waals surface area contributed by atoms with E-state index in [0.717, 1.165) is 10.4 Å². The summed E-state index contributed by atoms with van der Waals surface area (Å²) >= 11 is 5.72. The van der Waals surface area contributed by atoms with E-state index < -0.39 is 21.0 Å². The van der Waals surface area contributed by atoms with Gasteiger partial charge in [-0.1, -0.05) is 23.7 Å². The highest BCUT2D eigenvalue weighted by molar-refractivity contribution is 7.89. The van der Waals surface area contributed by atoms with Gasteiger partial charge in [-0.05, 0) is 29.8 Å². The Kier molecular flexibility index (Phi) is 6.37. The van der Waals surface area contributed by atoms with Crippen molar-refractivity contribution in [2.75, 3.05) is 19.4 Å². The monoisotopic (exact) mass is 412 g/mol. The van der Waals surface area contributed by atoms with Crippen LogP contribution in [0.5, 0.6) is 0 Å². The lowest BCUT2D eigenvalue weighted by Crippen LogP contribution is -2.28. The summed E-state index contributed by atoms with van der Waals surface area (Å²) < 4.78 is 25.1. The molecule has 0 aliphatic carbocycles. The molecular formula is C16H17ClN4O5S. The Morgan fingerprint density at radius 2 is 1.81 bits per heavy atom. The van der Waals surface area contributed by atoms with Crippen molar-refractivity contribution >= 4 is 39.0 Å². The number of benzene rings is 2. The first-order chi connectivity index (χ1) is 12.6. The molecule has 0 fully saturated rings. The second-order valence-corrected chi connectivity index (χ2v) is 8.22. The first-order valence-corrected chi connectivity index (χ1v) is 9.43. The molecule has 0 bridgehead atoms. The zero-order valence-corrected chi connectivity index (χ0v) is 16.0. The first kappa shape index (κ1) is 20.6. The summed E-state index contributed by atoms with van der Waals surface area (Å²) in [5, 5.41) is 15.9. The highest BCUT2D eigenvalue weighted by Crippen LogP contribution is 2.27. The summed E-state index contributed by atoms with van der Waals surface area (Å²) in [4.78, 5) is 22.3. The number of nitrogens with one attached hydrogen (secondary N) is 2. The van der Waals surface area contributed by atoms with Crippen LogP contribution in [0.2, 0.25) is 5.02 Å². The number of carbonyl (C=O) groups excluding carboxylic acids is 1. The second kappa shape index (κ2) is 8.33. The van der Waals surface area contributed by atoms with Gasteiger partial charge in [-0.25, -0.2) is 17.5 Å². The molecule has 11 heteroatoms. The molecule has 2 amide bonds. The van der Waals surface area contributed by atoms with Crippen molar-refractivity contribution in [2.24, 2.45) is 0 Å². The SMILES string of the molecule is CN(C)S(=O)(=O)c1ccc(CNC(=O)Nc2ccc(Cl)c([N+](=O)[O-])c2)cc1. The third-order valence-electron chi connectivity index (χ3n) is 3.56. The summed E-state index contributed by atoms with van der Waals surface area (Å²) in [6.45, 7) is 0.143. The fourth-order valence-electron chi connectivity index (χ4n) is 2.08. The third kappa shape index (κ3) is 5.16. The van der Waals surface area contributed by atoms with E-state index >= 15 is 0 Å². The van der Waals surface area contributed by atoms with Gasteiger partial charge in [0.2, 0.25) is 10.0 Å². The maximum absolute atomic E-state index is 12.0. The topological polar surface area (TPSA) is 122 Å². The lowest BCUT2D eigenvalue weighted by molar-refractivity contribution is -0.384. The normalized spacial score (nSPS) is 11.3. The molecule has 0 spiro atoms. The summed E-state index contributed by atoms with van der Waals surface area (Å²) in [6.07, 6.45) is 0. The van der Waals surface area contributed by atoms with Gasteiger partial charge < -0.3 is 10.6 Å². The molecule has 0 heterocycles. The minimum absolute atomic E-state index is 0.0290. The van der Waals surface area contributed by atoms with E-state index in [4.69, 9.17) is 11.6 Å². The van der Waals surface area contributed by atoms with Crippen molar-refractivity contribution < 1.29 is 18.1 Å². The van der Waals surface area contributed by atoms with Gasteiger partial charge >= 0.3 is 6.03 Å². The zero-order chi connectivity index (χ0) is 20.2. The number of nitrogens with zero attached hydrogens (tertiary/aromatic N) is 2. The van der Waals surface area contributed by atoms with Gasteiger partial charge in [0.05, 0.1) is 9.82 Å². The van der Waals surface area contributed by atoms with Crippen LogP contribution in [0.3, 0.4) is 0 Å². The van der Waals surface area contributed by atoms with Gasteiger partial charge in [-0.2, -0.15) is 0 Å². The average molecular weight is 413 g/mol. The standard InChI is InChI=1S/C16H17ClN4O5S/c1-20(2)27(25,26)13-6-3-11(4-7-13)10-18-16(22)19-12-5-8-14(17)15(9-12)21(23)24/h3-9H,10H2,1-2H3,(H2,18,19,22). The van der Waals surface area contributed by atoms with Crippen molar-refractivity contribution in [2.45, 2.75) is 11.4 Å². The Bertz CT molecular complexity index is 961. The number of amides is 2. The highest BCUT2D eigenvalue weighted by atomic mass is 35.5. The number of urea groups is 1. The van der Waals surface area contributed by atoms with Crippen molar-refractivity contribution in [1.29, 1.82) is 0 Å². The minimum Gasteiger partial charge on any atom is -0.334 e. The fraction of sp³-hybridized carbons (Fsp3) is 0.188. The molecule has 0 saturated heterocycles. The predicted octanol–water partition coefficient (Wildman–Crippen LogP) is 2.82. The summed E-state index contributed by atoms with van der Waals surface area (Å²) in [7, 11) is -0.631. The van der Waals surface area contributed by atoms with E-state index in [1.807, 2.05) is 0 Å². The van der Waals surface area contributed by atoms with E-state index in [2.05, 4.69) is 10.6 Å². The molecule has 0 radical (unpaired) electrons. The number of carbonyl (C=O) groups is 1. The zero-order valence-electron chi connectivity index (χ0n) is 14.5. The Morgan fingerprint density at radius 3 is 2.37 bits per heavy atom. The Morgan fingerprint density at radius 1 is 1.19 bits per heavy atom. The minimum atomic E-state index is -3.51. The number of nitro benzene ring substituents is 1. The Hall–Kier alpha value is -2.69. The van der Waals surface area contributed by atoms with Crippen LogP contribution in [-0.4, -0.2) is 37.8 Å². The molecular weight excluding hydrogens is 396 g/mol. The molecule has 2 aromatic rings. The highest BCUT2D eigenvalue weighted by Gasteiger charge is 2.17. The van der Waals surface area contributed by atoms with Gasteiger partial charge in [0.25, 0.3) is 5.69 Å². The van der Waals surface area contributed by atoms with Crippen LogP contribution in [0.4, 0.5) is 16.2 Å². The molecule has 144 valence electrons. The van der Waals surface area contributed by atoms with E-state index in [0.29, 0.717) is 5.56 Å². The van der Waals surface area contributed by atoms with Crippen molar-refractivity contribution in [3.8, 4) is 0 Å². The number of hydrogen-bond donors (Lipinski definition) is 2.